The van der Waals surface area contributed by atoms with Crippen molar-refractivity contribution in [3.8, 4) is 5.75 Å². The highest BCUT2D eigenvalue weighted by atomic mass is 35.5. The number of carbonyl (C=O) groups excluding carboxylic acids is 1. The zero-order valence-electron chi connectivity index (χ0n) is 13.8. The van der Waals surface area contributed by atoms with E-state index in [0.29, 0.717) is 39.7 Å². The fraction of sp³-hybridized carbons (Fsp3) is 0.222. The monoisotopic (exact) mass is 360 g/mol. The molecule has 3 rings (SSSR count). The number of aryl methyl sites for hydroxylation is 1. The highest BCUT2D eigenvalue weighted by Crippen LogP contribution is 2.25. The maximum atomic E-state index is 12.5. The van der Waals surface area contributed by atoms with Crippen LogP contribution in [0.25, 0.3) is 11.1 Å². The Kier molecular flexibility index (Phi) is 4.81. The first kappa shape index (κ1) is 17.1. The Balaban J connectivity index is 1.92. The lowest BCUT2D eigenvalue weighted by molar-refractivity contribution is 0.102. The average Bonchev–Trinajstić information content (AvgIpc) is 2.90. The highest BCUT2D eigenvalue weighted by molar-refractivity contribution is 6.31. The topological polar surface area (TPSA) is 73.5 Å². The first-order valence-corrected chi connectivity index (χ1v) is 8.19. The van der Waals surface area contributed by atoms with Gasteiger partial charge in [-0.15, -0.1) is 0 Å². The molecule has 0 saturated carbocycles. The van der Waals surface area contributed by atoms with Crippen LogP contribution in [0.4, 0.5) is 5.69 Å². The summed E-state index contributed by atoms with van der Waals surface area (Å²) >= 11 is 5.96. The number of oxazole rings is 1. The predicted molar refractivity (Wildman–Crippen MR) is 96.7 cm³/mol. The van der Waals surface area contributed by atoms with E-state index in [0.717, 1.165) is 6.42 Å². The number of carbonyl (C=O) groups is 1. The van der Waals surface area contributed by atoms with Gasteiger partial charge in [0.2, 0.25) is 0 Å². The van der Waals surface area contributed by atoms with E-state index in [1.165, 1.54) is 13.2 Å². The number of hydrogen-bond donors (Lipinski definition) is 1. The van der Waals surface area contributed by atoms with Crippen LogP contribution < -0.4 is 15.8 Å². The molecule has 1 amide bonds. The number of methoxy groups -OCH3 is 1. The Morgan fingerprint density at radius 2 is 2.08 bits per heavy atom. The molecule has 25 heavy (non-hydrogen) atoms. The largest absolute Gasteiger partial charge is 0.496 e. The van der Waals surface area contributed by atoms with Crippen LogP contribution in [0, 0.1) is 0 Å². The molecule has 0 bridgehead atoms. The molecule has 2 aromatic carbocycles. The first-order chi connectivity index (χ1) is 12.0. The van der Waals surface area contributed by atoms with E-state index in [9.17, 15) is 9.59 Å². The van der Waals surface area contributed by atoms with Crippen LogP contribution in [-0.2, 0) is 6.54 Å². The number of halogens is 1. The zero-order chi connectivity index (χ0) is 18.0. The van der Waals surface area contributed by atoms with Crippen molar-refractivity contribution in [2.75, 3.05) is 12.4 Å². The van der Waals surface area contributed by atoms with Gasteiger partial charge < -0.3 is 14.5 Å². The van der Waals surface area contributed by atoms with Gasteiger partial charge in [0.1, 0.15) is 5.75 Å². The van der Waals surface area contributed by atoms with Gasteiger partial charge in [-0.25, -0.2) is 4.79 Å². The number of amides is 1. The third-order valence-electron chi connectivity index (χ3n) is 3.78. The molecule has 6 nitrogen and oxygen atoms in total. The number of fused-ring (bicyclic) bond motifs is 1. The van der Waals surface area contributed by atoms with Crippen molar-refractivity contribution in [3.05, 3.63) is 57.5 Å². The normalized spacial score (nSPS) is 10.8. The molecule has 1 heterocycles. The van der Waals surface area contributed by atoms with E-state index < -0.39 is 5.76 Å². The summed E-state index contributed by atoms with van der Waals surface area (Å²) in [5.41, 5.74) is 1.96. The smallest absolute Gasteiger partial charge is 0.419 e. The molecular formula is C18H17ClN2O4. The summed E-state index contributed by atoms with van der Waals surface area (Å²) < 4.78 is 12.0. The fourth-order valence-corrected chi connectivity index (χ4v) is 2.81. The zero-order valence-corrected chi connectivity index (χ0v) is 14.6. The average molecular weight is 361 g/mol. The van der Waals surface area contributed by atoms with E-state index in [2.05, 4.69) is 5.32 Å². The molecule has 1 aromatic heterocycles. The fourth-order valence-electron chi connectivity index (χ4n) is 2.64. The van der Waals surface area contributed by atoms with Crippen LogP contribution in [-0.4, -0.2) is 17.6 Å². The van der Waals surface area contributed by atoms with Gasteiger partial charge >= 0.3 is 5.76 Å². The third-order valence-corrected chi connectivity index (χ3v) is 4.01. The summed E-state index contributed by atoms with van der Waals surface area (Å²) in [7, 11) is 1.48. The minimum Gasteiger partial charge on any atom is -0.496 e. The number of hydrogen-bond acceptors (Lipinski definition) is 4. The van der Waals surface area contributed by atoms with Crippen LogP contribution in [0.3, 0.4) is 0 Å². The number of nitrogens with zero attached hydrogens (tertiary/aromatic N) is 1. The van der Waals surface area contributed by atoms with E-state index in [1.54, 1.807) is 34.9 Å². The molecule has 0 aliphatic carbocycles. The van der Waals surface area contributed by atoms with Crippen LogP contribution in [0.2, 0.25) is 5.02 Å². The molecule has 1 N–H and O–H groups in total. The van der Waals surface area contributed by atoms with Gasteiger partial charge in [-0.1, -0.05) is 18.5 Å². The molecule has 0 radical (unpaired) electrons. The molecular weight excluding hydrogens is 344 g/mol. The molecule has 0 spiro atoms. The molecule has 3 aromatic rings. The molecule has 0 fully saturated rings. The number of ether oxygens (including phenoxy) is 1. The summed E-state index contributed by atoms with van der Waals surface area (Å²) in [6.07, 6.45) is 0.821. The highest BCUT2D eigenvalue weighted by Gasteiger charge is 2.15. The second-order valence-electron chi connectivity index (χ2n) is 5.50. The molecule has 130 valence electrons. The summed E-state index contributed by atoms with van der Waals surface area (Å²) in [5.74, 6) is -0.352. The van der Waals surface area contributed by atoms with Crippen molar-refractivity contribution in [2.45, 2.75) is 19.9 Å². The number of benzene rings is 2. The number of rotatable bonds is 5. The number of anilines is 1. The van der Waals surface area contributed by atoms with Crippen molar-refractivity contribution in [3.63, 3.8) is 0 Å². The van der Waals surface area contributed by atoms with Crippen LogP contribution in [0.15, 0.2) is 45.6 Å². The maximum absolute atomic E-state index is 12.5. The quantitative estimate of drug-likeness (QED) is 0.748. The predicted octanol–water partition coefficient (Wildman–Crippen LogP) is 3.92. The van der Waals surface area contributed by atoms with Crippen LogP contribution in [0.5, 0.6) is 5.75 Å². The second-order valence-corrected chi connectivity index (χ2v) is 5.94. The van der Waals surface area contributed by atoms with Crippen molar-refractivity contribution >= 4 is 34.3 Å². The number of nitrogens with one attached hydrogen (secondary N) is 1. The maximum Gasteiger partial charge on any atom is 0.419 e. The summed E-state index contributed by atoms with van der Waals surface area (Å²) in [4.78, 5) is 24.4. The first-order valence-electron chi connectivity index (χ1n) is 7.81. The van der Waals surface area contributed by atoms with Crippen molar-refractivity contribution < 1.29 is 13.9 Å². The van der Waals surface area contributed by atoms with E-state index in [-0.39, 0.29) is 5.91 Å². The number of aromatic nitrogens is 1. The molecule has 7 heteroatoms. The van der Waals surface area contributed by atoms with Gasteiger partial charge in [-0.3, -0.25) is 9.36 Å². The Hall–Kier alpha value is -2.73. The van der Waals surface area contributed by atoms with Crippen molar-refractivity contribution in [1.82, 2.24) is 4.57 Å². The van der Waals surface area contributed by atoms with E-state index in [1.807, 2.05) is 6.92 Å². The van der Waals surface area contributed by atoms with Crippen molar-refractivity contribution in [2.24, 2.45) is 0 Å². The molecule has 0 unspecified atom stereocenters. The van der Waals surface area contributed by atoms with Gasteiger partial charge in [0.05, 0.1) is 18.2 Å². The van der Waals surface area contributed by atoms with Gasteiger partial charge in [0.15, 0.2) is 5.58 Å². The summed E-state index contributed by atoms with van der Waals surface area (Å²) in [6.45, 7) is 2.56. The SMILES string of the molecule is CCCn1c(=O)oc2cc(NC(=O)c3cc(Cl)ccc3OC)ccc21. The summed E-state index contributed by atoms with van der Waals surface area (Å²) in [5, 5.41) is 3.20. The van der Waals surface area contributed by atoms with Crippen molar-refractivity contribution in [1.29, 1.82) is 0 Å². The van der Waals surface area contributed by atoms with E-state index in [4.69, 9.17) is 20.8 Å². The van der Waals surface area contributed by atoms with E-state index >= 15 is 0 Å². The molecule has 0 aliphatic rings. The van der Waals surface area contributed by atoms with Crippen LogP contribution >= 0.6 is 11.6 Å². The Morgan fingerprint density at radius 3 is 2.80 bits per heavy atom. The third kappa shape index (κ3) is 3.39. The van der Waals surface area contributed by atoms with Gasteiger partial charge in [-0.2, -0.15) is 0 Å². The molecule has 0 atom stereocenters. The van der Waals surface area contributed by atoms with Gasteiger partial charge in [0, 0.05) is 23.3 Å². The van der Waals surface area contributed by atoms with Gasteiger partial charge in [-0.05, 0) is 36.8 Å². The standard InChI is InChI=1S/C18H17ClN2O4/c1-3-8-21-14-6-5-12(10-16(14)25-18(21)23)20-17(22)13-9-11(19)4-7-15(13)24-2/h4-7,9-10H,3,8H2,1-2H3,(H,20,22). The Labute approximate surface area is 149 Å². The second kappa shape index (κ2) is 7.03. The molecule has 0 aliphatic heterocycles. The Bertz CT molecular complexity index is 990. The molecule has 0 saturated heterocycles. The Morgan fingerprint density at radius 1 is 1.28 bits per heavy atom. The van der Waals surface area contributed by atoms with Crippen LogP contribution in [0.1, 0.15) is 23.7 Å². The van der Waals surface area contributed by atoms with Gasteiger partial charge in [0.25, 0.3) is 5.91 Å². The summed E-state index contributed by atoms with van der Waals surface area (Å²) in [6, 6.07) is 9.90. The lowest BCUT2D eigenvalue weighted by Gasteiger charge is -2.10. The lowest BCUT2D eigenvalue weighted by Crippen LogP contribution is -2.14. The lowest BCUT2D eigenvalue weighted by atomic mass is 10.1. The minimum absolute atomic E-state index is 0.320. The minimum atomic E-state index is -0.406.